The topological polar surface area (TPSA) is 76.0 Å². The molecule has 1 N–H and O–H groups in total. The van der Waals surface area contributed by atoms with Gasteiger partial charge in [-0.2, -0.15) is 0 Å². The minimum Gasteiger partial charge on any atom is -0.476 e. The number of carbonyl (C=O) groups is 1. The minimum absolute atomic E-state index is 0.100. The highest BCUT2D eigenvalue weighted by molar-refractivity contribution is 6.01. The lowest BCUT2D eigenvalue weighted by atomic mass is 10.2. The molecule has 0 spiro atoms. The summed E-state index contributed by atoms with van der Waals surface area (Å²) in [5.41, 5.74) is 0.720. The lowest BCUT2D eigenvalue weighted by molar-refractivity contribution is 0.0693. The lowest BCUT2D eigenvalue weighted by Crippen LogP contribution is -2.05. The molecule has 20 heavy (non-hydrogen) atoms. The first-order valence-electron chi connectivity index (χ1n) is 5.77. The minimum atomic E-state index is -1.15. The SMILES string of the molecule is O=C(O)c1nc(-c2ccc(F)cn2)nc2ccccc12. The van der Waals surface area contributed by atoms with Crippen LogP contribution < -0.4 is 0 Å². The first-order chi connectivity index (χ1) is 9.65. The predicted molar refractivity (Wildman–Crippen MR) is 69.7 cm³/mol. The monoisotopic (exact) mass is 269 g/mol. The van der Waals surface area contributed by atoms with Gasteiger partial charge in [-0.3, -0.25) is 0 Å². The maximum absolute atomic E-state index is 12.9. The molecule has 0 radical (unpaired) electrons. The fourth-order valence-corrected chi connectivity index (χ4v) is 1.86. The Morgan fingerprint density at radius 1 is 1.10 bits per heavy atom. The number of hydrogen-bond acceptors (Lipinski definition) is 4. The second-order valence-corrected chi connectivity index (χ2v) is 4.08. The number of aromatic carboxylic acids is 1. The average Bonchev–Trinajstić information content (AvgIpc) is 2.46. The molecule has 1 aromatic carbocycles. The second-order valence-electron chi connectivity index (χ2n) is 4.08. The first kappa shape index (κ1) is 12.2. The number of benzene rings is 1. The number of aromatic nitrogens is 3. The highest BCUT2D eigenvalue weighted by atomic mass is 19.1. The van der Waals surface area contributed by atoms with Gasteiger partial charge in [0.05, 0.1) is 11.7 Å². The van der Waals surface area contributed by atoms with Crippen LogP contribution in [0.1, 0.15) is 10.5 Å². The van der Waals surface area contributed by atoms with Crippen LogP contribution in [0.3, 0.4) is 0 Å². The van der Waals surface area contributed by atoms with E-state index in [9.17, 15) is 14.3 Å². The molecule has 3 rings (SSSR count). The quantitative estimate of drug-likeness (QED) is 0.773. The fraction of sp³-hybridized carbons (Fsp3) is 0. The van der Waals surface area contributed by atoms with E-state index in [0.29, 0.717) is 16.6 Å². The molecule has 0 saturated heterocycles. The predicted octanol–water partition coefficient (Wildman–Crippen LogP) is 2.53. The molecule has 0 aliphatic carbocycles. The van der Waals surface area contributed by atoms with Crippen molar-refractivity contribution in [2.75, 3.05) is 0 Å². The number of fused-ring (bicyclic) bond motifs is 1. The smallest absolute Gasteiger partial charge is 0.355 e. The van der Waals surface area contributed by atoms with E-state index in [-0.39, 0.29) is 11.5 Å². The Morgan fingerprint density at radius 3 is 2.60 bits per heavy atom. The van der Waals surface area contributed by atoms with E-state index in [1.54, 1.807) is 24.3 Å². The van der Waals surface area contributed by atoms with Crippen molar-refractivity contribution in [3.05, 3.63) is 54.1 Å². The molecule has 2 heterocycles. The van der Waals surface area contributed by atoms with E-state index in [0.717, 1.165) is 6.20 Å². The van der Waals surface area contributed by atoms with Crippen molar-refractivity contribution in [1.82, 2.24) is 15.0 Å². The largest absolute Gasteiger partial charge is 0.476 e. The molecular weight excluding hydrogens is 261 g/mol. The van der Waals surface area contributed by atoms with Crippen LogP contribution in [0.4, 0.5) is 4.39 Å². The molecule has 0 atom stereocenters. The van der Waals surface area contributed by atoms with Gasteiger partial charge in [-0.1, -0.05) is 18.2 Å². The van der Waals surface area contributed by atoms with Gasteiger partial charge in [0, 0.05) is 5.39 Å². The van der Waals surface area contributed by atoms with Gasteiger partial charge >= 0.3 is 5.97 Å². The summed E-state index contributed by atoms with van der Waals surface area (Å²) in [6, 6.07) is 9.43. The van der Waals surface area contributed by atoms with E-state index in [2.05, 4.69) is 15.0 Å². The maximum atomic E-state index is 12.9. The van der Waals surface area contributed by atoms with Crippen LogP contribution in [0, 0.1) is 5.82 Å². The number of rotatable bonds is 2. The number of pyridine rings is 1. The van der Waals surface area contributed by atoms with Crippen molar-refractivity contribution in [1.29, 1.82) is 0 Å². The molecule has 3 aromatic rings. The molecule has 0 aliphatic rings. The number of carboxylic acid groups (broad SMARTS) is 1. The molecule has 2 aromatic heterocycles. The van der Waals surface area contributed by atoms with E-state index >= 15 is 0 Å². The molecule has 0 saturated carbocycles. The number of para-hydroxylation sites is 1. The summed E-state index contributed by atoms with van der Waals surface area (Å²) in [5, 5.41) is 9.68. The van der Waals surface area contributed by atoms with Crippen molar-refractivity contribution in [3.63, 3.8) is 0 Å². The molecule has 0 unspecified atom stereocenters. The van der Waals surface area contributed by atoms with Gasteiger partial charge in [0.15, 0.2) is 11.5 Å². The zero-order chi connectivity index (χ0) is 14.1. The van der Waals surface area contributed by atoms with E-state index in [1.807, 2.05) is 0 Å². The Kier molecular flexibility index (Phi) is 2.83. The van der Waals surface area contributed by atoms with Gasteiger partial charge in [-0.05, 0) is 18.2 Å². The Hall–Kier alpha value is -2.89. The second kappa shape index (κ2) is 4.65. The van der Waals surface area contributed by atoms with Crippen molar-refractivity contribution in [2.24, 2.45) is 0 Å². The third-order valence-electron chi connectivity index (χ3n) is 2.76. The third kappa shape index (κ3) is 2.07. The van der Waals surface area contributed by atoms with Gasteiger partial charge in [0.25, 0.3) is 0 Å². The Balaban J connectivity index is 2.27. The molecule has 0 aliphatic heterocycles. The van der Waals surface area contributed by atoms with Crippen LogP contribution in [-0.4, -0.2) is 26.0 Å². The standard InChI is InChI=1S/C14H8FN3O2/c15-8-5-6-11(16-7-8)13-17-10-4-2-1-3-9(10)12(18-13)14(19)20/h1-7H,(H,19,20). The Labute approximate surface area is 112 Å². The summed E-state index contributed by atoms with van der Waals surface area (Å²) in [7, 11) is 0. The summed E-state index contributed by atoms with van der Waals surface area (Å²) < 4.78 is 12.9. The van der Waals surface area contributed by atoms with Crippen molar-refractivity contribution in [2.45, 2.75) is 0 Å². The maximum Gasteiger partial charge on any atom is 0.355 e. The van der Waals surface area contributed by atoms with Crippen LogP contribution in [0.15, 0.2) is 42.6 Å². The van der Waals surface area contributed by atoms with Crippen molar-refractivity contribution >= 4 is 16.9 Å². The lowest BCUT2D eigenvalue weighted by Gasteiger charge is -2.05. The number of carboxylic acids is 1. The molecule has 98 valence electrons. The highest BCUT2D eigenvalue weighted by Gasteiger charge is 2.14. The van der Waals surface area contributed by atoms with Crippen LogP contribution in [0.5, 0.6) is 0 Å². The zero-order valence-electron chi connectivity index (χ0n) is 10.1. The van der Waals surface area contributed by atoms with Crippen molar-refractivity contribution in [3.8, 4) is 11.5 Å². The van der Waals surface area contributed by atoms with Gasteiger partial charge in [0.2, 0.25) is 0 Å². The molecule has 0 amide bonds. The summed E-state index contributed by atoms with van der Waals surface area (Å²) in [6.07, 6.45) is 1.04. The van der Waals surface area contributed by atoms with Crippen molar-refractivity contribution < 1.29 is 14.3 Å². The molecule has 0 bridgehead atoms. The van der Waals surface area contributed by atoms with Gasteiger partial charge < -0.3 is 5.11 Å². The van der Waals surface area contributed by atoms with E-state index in [1.165, 1.54) is 12.1 Å². The van der Waals surface area contributed by atoms with Crippen LogP contribution in [0.2, 0.25) is 0 Å². The van der Waals surface area contributed by atoms with Gasteiger partial charge in [-0.25, -0.2) is 24.1 Å². The van der Waals surface area contributed by atoms with Crippen LogP contribution in [0.25, 0.3) is 22.4 Å². The van der Waals surface area contributed by atoms with Crippen LogP contribution >= 0.6 is 0 Å². The van der Waals surface area contributed by atoms with E-state index in [4.69, 9.17) is 0 Å². The fourth-order valence-electron chi connectivity index (χ4n) is 1.86. The average molecular weight is 269 g/mol. The first-order valence-corrected chi connectivity index (χ1v) is 5.77. The summed E-state index contributed by atoms with van der Waals surface area (Å²) in [5.74, 6) is -1.47. The molecule has 6 heteroatoms. The molecule has 0 fully saturated rings. The van der Waals surface area contributed by atoms with E-state index < -0.39 is 11.8 Å². The number of halogens is 1. The summed E-state index contributed by atoms with van der Waals surface area (Å²) >= 11 is 0. The Bertz CT molecular complexity index is 803. The molecule has 5 nitrogen and oxygen atoms in total. The van der Waals surface area contributed by atoms with Gasteiger partial charge in [0.1, 0.15) is 11.5 Å². The number of hydrogen-bond donors (Lipinski definition) is 1. The summed E-state index contributed by atoms with van der Waals surface area (Å²) in [4.78, 5) is 23.4. The highest BCUT2D eigenvalue weighted by Crippen LogP contribution is 2.20. The number of nitrogens with zero attached hydrogens (tertiary/aromatic N) is 3. The third-order valence-corrected chi connectivity index (χ3v) is 2.76. The summed E-state index contributed by atoms with van der Waals surface area (Å²) in [6.45, 7) is 0. The normalized spacial score (nSPS) is 10.7. The Morgan fingerprint density at radius 2 is 1.90 bits per heavy atom. The van der Waals surface area contributed by atoms with Crippen LogP contribution in [-0.2, 0) is 0 Å². The molecular formula is C14H8FN3O2. The zero-order valence-corrected chi connectivity index (χ0v) is 10.1. The van der Waals surface area contributed by atoms with Gasteiger partial charge in [-0.15, -0.1) is 0 Å².